The van der Waals surface area contributed by atoms with Crippen LogP contribution in [0.3, 0.4) is 0 Å². The van der Waals surface area contributed by atoms with E-state index in [9.17, 15) is 4.79 Å². The van der Waals surface area contributed by atoms with Crippen LogP contribution in [-0.4, -0.2) is 5.78 Å². The van der Waals surface area contributed by atoms with Gasteiger partial charge in [0.25, 0.3) is 0 Å². The van der Waals surface area contributed by atoms with E-state index in [1.165, 1.54) is 12.8 Å². The predicted molar refractivity (Wildman–Crippen MR) is 57.4 cm³/mol. The summed E-state index contributed by atoms with van der Waals surface area (Å²) < 4.78 is 0. The number of hydrogen-bond donors (Lipinski definition) is 0. The van der Waals surface area contributed by atoms with Crippen molar-refractivity contribution < 1.29 is 4.79 Å². The van der Waals surface area contributed by atoms with Gasteiger partial charge in [-0.15, -0.1) is 0 Å². The fraction of sp³-hybridized carbons (Fsp3) is 0.231. The van der Waals surface area contributed by atoms with Gasteiger partial charge < -0.3 is 0 Å². The van der Waals surface area contributed by atoms with Gasteiger partial charge in [0, 0.05) is 5.56 Å². The summed E-state index contributed by atoms with van der Waals surface area (Å²) in [5.74, 6) is 0.638. The molecule has 1 aliphatic rings. The van der Waals surface area contributed by atoms with Gasteiger partial charge in [-0.25, -0.2) is 0 Å². The highest BCUT2D eigenvalue weighted by atomic mass is 16.1. The second kappa shape index (κ2) is 4.10. The topological polar surface area (TPSA) is 40.9 Å². The van der Waals surface area contributed by atoms with Gasteiger partial charge in [-0.1, -0.05) is 6.08 Å². The third-order valence-electron chi connectivity index (χ3n) is 2.44. The lowest BCUT2D eigenvalue weighted by atomic mass is 10.1. The molecule has 74 valence electrons. The molecule has 0 heterocycles. The first-order valence-electron chi connectivity index (χ1n) is 5.02. The van der Waals surface area contributed by atoms with E-state index in [4.69, 9.17) is 5.26 Å². The summed E-state index contributed by atoms with van der Waals surface area (Å²) in [7, 11) is 0. The van der Waals surface area contributed by atoms with Crippen molar-refractivity contribution in [2.24, 2.45) is 5.92 Å². The minimum atomic E-state index is 0.0198. The first-order chi connectivity index (χ1) is 7.29. The summed E-state index contributed by atoms with van der Waals surface area (Å²) in [4.78, 5) is 11.6. The molecule has 0 radical (unpaired) electrons. The Kier molecular flexibility index (Phi) is 2.64. The van der Waals surface area contributed by atoms with Gasteiger partial charge in [-0.05, 0) is 49.1 Å². The fourth-order valence-electron chi connectivity index (χ4n) is 1.32. The first-order valence-corrected chi connectivity index (χ1v) is 5.02. The molecule has 1 saturated carbocycles. The van der Waals surface area contributed by atoms with Crippen LogP contribution in [0.15, 0.2) is 36.4 Å². The van der Waals surface area contributed by atoms with Crippen LogP contribution in [0.2, 0.25) is 0 Å². The molecule has 0 unspecified atom stereocenters. The summed E-state index contributed by atoms with van der Waals surface area (Å²) >= 11 is 0. The van der Waals surface area contributed by atoms with Crippen molar-refractivity contribution in [2.75, 3.05) is 0 Å². The normalized spacial score (nSPS) is 15.1. The molecule has 0 aromatic heterocycles. The number of benzene rings is 1. The third kappa shape index (κ3) is 2.54. The zero-order chi connectivity index (χ0) is 10.7. The molecular formula is C13H11NO. The number of ketones is 1. The molecule has 2 rings (SSSR count). The molecular weight excluding hydrogens is 186 g/mol. The zero-order valence-electron chi connectivity index (χ0n) is 8.31. The molecule has 0 saturated heterocycles. The maximum Gasteiger partial charge on any atom is 0.185 e. The summed E-state index contributed by atoms with van der Waals surface area (Å²) in [6, 6.07) is 8.74. The van der Waals surface area contributed by atoms with Crippen LogP contribution in [-0.2, 0) is 0 Å². The van der Waals surface area contributed by atoms with E-state index in [1.807, 2.05) is 12.1 Å². The molecule has 1 aromatic carbocycles. The maximum absolute atomic E-state index is 11.6. The number of nitrogens with zero attached hydrogens (tertiary/aromatic N) is 1. The van der Waals surface area contributed by atoms with Crippen molar-refractivity contribution in [1.82, 2.24) is 0 Å². The van der Waals surface area contributed by atoms with Crippen LogP contribution in [0, 0.1) is 17.2 Å². The second-order valence-electron chi connectivity index (χ2n) is 3.75. The van der Waals surface area contributed by atoms with Crippen molar-refractivity contribution in [1.29, 1.82) is 5.26 Å². The molecule has 15 heavy (non-hydrogen) atoms. The van der Waals surface area contributed by atoms with E-state index in [-0.39, 0.29) is 5.78 Å². The maximum atomic E-state index is 11.6. The van der Waals surface area contributed by atoms with Gasteiger partial charge in [0.1, 0.15) is 0 Å². The minimum Gasteiger partial charge on any atom is -0.289 e. The Bertz CT molecular complexity index is 433. The smallest absolute Gasteiger partial charge is 0.185 e. The monoisotopic (exact) mass is 197 g/mol. The molecule has 1 aliphatic carbocycles. The Morgan fingerprint density at radius 3 is 2.53 bits per heavy atom. The SMILES string of the molecule is N#Cc1ccc(C(=O)/C=C/C2CC2)cc1. The van der Waals surface area contributed by atoms with Gasteiger partial charge in [-0.2, -0.15) is 5.26 Å². The molecule has 1 aromatic rings. The number of carbonyl (C=O) groups excluding carboxylic acids is 1. The van der Waals surface area contributed by atoms with Gasteiger partial charge in [0.15, 0.2) is 5.78 Å². The zero-order valence-corrected chi connectivity index (χ0v) is 8.31. The quantitative estimate of drug-likeness (QED) is 0.552. The molecule has 0 N–H and O–H groups in total. The Labute approximate surface area is 88.8 Å². The lowest BCUT2D eigenvalue weighted by Gasteiger charge is -1.94. The first kappa shape index (κ1) is 9.67. The molecule has 0 aliphatic heterocycles. The number of rotatable bonds is 3. The van der Waals surface area contributed by atoms with E-state index in [2.05, 4.69) is 0 Å². The molecule has 1 fully saturated rings. The highest BCUT2D eigenvalue weighted by Gasteiger charge is 2.17. The summed E-state index contributed by atoms with van der Waals surface area (Å²) in [5, 5.41) is 8.60. The molecule has 2 heteroatoms. The number of carbonyl (C=O) groups is 1. The summed E-state index contributed by atoms with van der Waals surface area (Å²) in [6.07, 6.45) is 6.02. The average molecular weight is 197 g/mol. The molecule has 0 bridgehead atoms. The van der Waals surface area contributed by atoms with E-state index < -0.39 is 0 Å². The lowest BCUT2D eigenvalue weighted by Crippen LogP contribution is -1.93. The van der Waals surface area contributed by atoms with Crippen molar-refractivity contribution in [3.63, 3.8) is 0 Å². The molecule has 2 nitrogen and oxygen atoms in total. The van der Waals surface area contributed by atoms with Crippen molar-refractivity contribution >= 4 is 5.78 Å². The van der Waals surface area contributed by atoms with E-state index in [0.717, 1.165) is 0 Å². The Hall–Kier alpha value is -1.88. The Balaban J connectivity index is 2.08. The van der Waals surface area contributed by atoms with Gasteiger partial charge >= 0.3 is 0 Å². The Morgan fingerprint density at radius 2 is 2.00 bits per heavy atom. The van der Waals surface area contributed by atoms with Crippen LogP contribution in [0.1, 0.15) is 28.8 Å². The third-order valence-corrected chi connectivity index (χ3v) is 2.44. The van der Waals surface area contributed by atoms with Gasteiger partial charge in [-0.3, -0.25) is 4.79 Å². The summed E-state index contributed by atoms with van der Waals surface area (Å²) in [6.45, 7) is 0. The van der Waals surface area contributed by atoms with Crippen LogP contribution >= 0.6 is 0 Å². The molecule has 0 atom stereocenters. The fourth-order valence-corrected chi connectivity index (χ4v) is 1.32. The van der Waals surface area contributed by atoms with Gasteiger partial charge in [0.2, 0.25) is 0 Å². The highest BCUT2D eigenvalue weighted by Crippen LogP contribution is 2.30. The molecule has 0 amide bonds. The van der Waals surface area contributed by atoms with Crippen molar-refractivity contribution in [3.8, 4) is 6.07 Å². The number of nitriles is 1. The average Bonchev–Trinajstić information content (AvgIpc) is 3.10. The Morgan fingerprint density at radius 1 is 1.33 bits per heavy atom. The largest absolute Gasteiger partial charge is 0.289 e. The van der Waals surface area contributed by atoms with Crippen LogP contribution in [0.4, 0.5) is 0 Å². The number of allylic oxidation sites excluding steroid dienone is 2. The second-order valence-corrected chi connectivity index (χ2v) is 3.75. The van der Waals surface area contributed by atoms with E-state index >= 15 is 0 Å². The predicted octanol–water partition coefficient (Wildman–Crippen LogP) is 2.71. The lowest BCUT2D eigenvalue weighted by molar-refractivity contribution is 0.104. The van der Waals surface area contributed by atoms with Crippen LogP contribution in [0.25, 0.3) is 0 Å². The van der Waals surface area contributed by atoms with E-state index in [1.54, 1.807) is 30.3 Å². The van der Waals surface area contributed by atoms with E-state index in [0.29, 0.717) is 17.0 Å². The summed E-state index contributed by atoms with van der Waals surface area (Å²) in [5.41, 5.74) is 1.23. The number of hydrogen-bond acceptors (Lipinski definition) is 2. The highest BCUT2D eigenvalue weighted by molar-refractivity contribution is 6.04. The standard InChI is InChI=1S/C13H11NO/c14-9-11-3-6-12(7-4-11)13(15)8-5-10-1-2-10/h3-8,10H,1-2H2/b8-5+. The van der Waals surface area contributed by atoms with Crippen molar-refractivity contribution in [2.45, 2.75) is 12.8 Å². The van der Waals surface area contributed by atoms with Crippen molar-refractivity contribution in [3.05, 3.63) is 47.5 Å². The minimum absolute atomic E-state index is 0.0198. The van der Waals surface area contributed by atoms with Gasteiger partial charge in [0.05, 0.1) is 11.6 Å². The van der Waals surface area contributed by atoms with Crippen LogP contribution < -0.4 is 0 Å². The molecule has 0 spiro atoms. The van der Waals surface area contributed by atoms with Crippen LogP contribution in [0.5, 0.6) is 0 Å².